The van der Waals surface area contributed by atoms with Crippen molar-refractivity contribution in [3.8, 4) is 0 Å². The van der Waals surface area contributed by atoms with Gasteiger partial charge in [-0.25, -0.2) is 13.6 Å². The second-order valence-electron chi connectivity index (χ2n) is 5.06. The summed E-state index contributed by atoms with van der Waals surface area (Å²) in [6.45, 7) is 1.82. The number of hydrogen-bond acceptors (Lipinski definition) is 6. The van der Waals surface area contributed by atoms with Gasteiger partial charge >= 0.3 is 0 Å². The highest BCUT2D eigenvalue weighted by Gasteiger charge is 2.23. The molecule has 0 radical (unpaired) electrons. The highest BCUT2D eigenvalue weighted by molar-refractivity contribution is 7.89. The molecule has 0 aromatic heterocycles. The van der Waals surface area contributed by atoms with Gasteiger partial charge in [-0.05, 0) is 12.5 Å². The van der Waals surface area contributed by atoms with Crippen LogP contribution in [0.15, 0.2) is 23.1 Å². The molecule has 8 nitrogen and oxygen atoms in total. The summed E-state index contributed by atoms with van der Waals surface area (Å²) < 4.78 is 28.5. The van der Waals surface area contributed by atoms with E-state index in [2.05, 4.69) is 0 Å². The van der Waals surface area contributed by atoms with Crippen molar-refractivity contribution in [2.45, 2.75) is 11.3 Å². The Labute approximate surface area is 122 Å². The molecule has 1 fully saturated rings. The predicted molar refractivity (Wildman–Crippen MR) is 76.7 cm³/mol. The van der Waals surface area contributed by atoms with Gasteiger partial charge in [0.25, 0.3) is 5.69 Å². The highest BCUT2D eigenvalue weighted by atomic mass is 32.2. The summed E-state index contributed by atoms with van der Waals surface area (Å²) in [5, 5.41) is 16.0. The molecule has 1 unspecified atom stereocenters. The van der Waals surface area contributed by atoms with Crippen molar-refractivity contribution in [2.75, 3.05) is 31.7 Å². The largest absolute Gasteiger partial charge is 0.381 e. The Morgan fingerprint density at radius 2 is 2.24 bits per heavy atom. The van der Waals surface area contributed by atoms with Crippen LogP contribution in [-0.4, -0.2) is 40.1 Å². The van der Waals surface area contributed by atoms with E-state index in [1.54, 1.807) is 11.9 Å². The minimum Gasteiger partial charge on any atom is -0.381 e. The number of nitrogens with zero attached hydrogens (tertiary/aromatic N) is 2. The Kier molecular flexibility index (Phi) is 4.45. The van der Waals surface area contributed by atoms with E-state index < -0.39 is 14.9 Å². The first kappa shape index (κ1) is 15.7. The Hall–Kier alpha value is -1.71. The molecule has 21 heavy (non-hydrogen) atoms. The number of sulfonamides is 1. The van der Waals surface area contributed by atoms with Gasteiger partial charge in [-0.2, -0.15) is 0 Å². The maximum Gasteiger partial charge on any atom is 0.271 e. The number of rotatable bonds is 5. The SMILES string of the molecule is CN(CC1CCOC1)c1cc([N+](=O)[O-])ccc1S(N)(=O)=O. The Morgan fingerprint density at radius 3 is 2.76 bits per heavy atom. The van der Waals surface area contributed by atoms with Crippen LogP contribution in [0.3, 0.4) is 0 Å². The van der Waals surface area contributed by atoms with Crippen molar-refractivity contribution in [3.63, 3.8) is 0 Å². The maximum atomic E-state index is 11.6. The molecule has 1 aliphatic rings. The van der Waals surface area contributed by atoms with E-state index in [1.807, 2.05) is 0 Å². The quantitative estimate of drug-likeness (QED) is 0.632. The third-order valence-electron chi connectivity index (χ3n) is 3.43. The number of nitro benzene ring substituents is 1. The van der Waals surface area contributed by atoms with Gasteiger partial charge < -0.3 is 9.64 Å². The lowest BCUT2D eigenvalue weighted by Crippen LogP contribution is -2.28. The number of nitrogens with two attached hydrogens (primary N) is 1. The number of ether oxygens (including phenoxy) is 1. The van der Waals surface area contributed by atoms with Crippen LogP contribution < -0.4 is 10.0 Å². The minimum atomic E-state index is -3.95. The number of nitro groups is 1. The summed E-state index contributed by atoms with van der Waals surface area (Å²) in [5.74, 6) is 0.266. The summed E-state index contributed by atoms with van der Waals surface area (Å²) in [7, 11) is -2.26. The lowest BCUT2D eigenvalue weighted by atomic mass is 10.1. The summed E-state index contributed by atoms with van der Waals surface area (Å²) in [6, 6.07) is 3.54. The van der Waals surface area contributed by atoms with E-state index in [0.29, 0.717) is 19.8 Å². The van der Waals surface area contributed by atoms with E-state index in [-0.39, 0.29) is 22.2 Å². The molecule has 0 spiro atoms. The van der Waals surface area contributed by atoms with Gasteiger partial charge in [-0.15, -0.1) is 0 Å². The Bertz CT molecular complexity index is 640. The first-order valence-corrected chi connectivity index (χ1v) is 7.94. The highest BCUT2D eigenvalue weighted by Crippen LogP contribution is 2.29. The lowest BCUT2D eigenvalue weighted by molar-refractivity contribution is -0.384. The fourth-order valence-electron chi connectivity index (χ4n) is 2.37. The molecule has 2 N–H and O–H groups in total. The van der Waals surface area contributed by atoms with Crippen LogP contribution in [-0.2, 0) is 14.8 Å². The van der Waals surface area contributed by atoms with Gasteiger partial charge in [0.05, 0.1) is 17.2 Å². The van der Waals surface area contributed by atoms with Crippen LogP contribution in [0.25, 0.3) is 0 Å². The second-order valence-corrected chi connectivity index (χ2v) is 6.59. The van der Waals surface area contributed by atoms with E-state index in [9.17, 15) is 18.5 Å². The summed E-state index contributed by atoms with van der Waals surface area (Å²) in [6.07, 6.45) is 0.879. The Morgan fingerprint density at radius 1 is 1.52 bits per heavy atom. The van der Waals surface area contributed by atoms with Crippen LogP contribution in [0.4, 0.5) is 11.4 Å². The number of hydrogen-bond donors (Lipinski definition) is 1. The molecule has 0 bridgehead atoms. The van der Waals surface area contributed by atoms with E-state index in [0.717, 1.165) is 12.5 Å². The van der Waals surface area contributed by atoms with Crippen LogP contribution in [0, 0.1) is 16.0 Å². The normalized spacial score (nSPS) is 18.7. The number of benzene rings is 1. The van der Waals surface area contributed by atoms with Crippen LogP contribution >= 0.6 is 0 Å². The zero-order chi connectivity index (χ0) is 15.6. The van der Waals surface area contributed by atoms with Crippen LogP contribution in [0.1, 0.15) is 6.42 Å². The zero-order valence-corrected chi connectivity index (χ0v) is 12.4. The fourth-order valence-corrected chi connectivity index (χ4v) is 3.14. The molecule has 1 saturated heterocycles. The van der Waals surface area contributed by atoms with Crippen molar-refractivity contribution in [1.82, 2.24) is 0 Å². The van der Waals surface area contributed by atoms with Gasteiger partial charge in [0.1, 0.15) is 4.90 Å². The molecule has 9 heteroatoms. The summed E-state index contributed by atoms with van der Waals surface area (Å²) >= 11 is 0. The molecule has 1 aromatic carbocycles. The van der Waals surface area contributed by atoms with Gasteiger partial charge in [0.2, 0.25) is 10.0 Å². The van der Waals surface area contributed by atoms with Crippen molar-refractivity contribution in [1.29, 1.82) is 0 Å². The molecule has 0 amide bonds. The zero-order valence-electron chi connectivity index (χ0n) is 11.6. The molecular formula is C12H17N3O5S. The smallest absolute Gasteiger partial charge is 0.271 e. The molecule has 1 atom stereocenters. The van der Waals surface area contributed by atoms with E-state index in [4.69, 9.17) is 9.88 Å². The topological polar surface area (TPSA) is 116 Å². The fraction of sp³-hybridized carbons (Fsp3) is 0.500. The standard InChI is InChI=1S/C12H17N3O5S/c1-14(7-9-4-5-20-8-9)11-6-10(15(16)17)2-3-12(11)21(13,18)19/h2-3,6,9H,4-5,7-8H2,1H3,(H2,13,18,19). The van der Waals surface area contributed by atoms with E-state index in [1.165, 1.54) is 12.1 Å². The maximum absolute atomic E-state index is 11.6. The average molecular weight is 315 g/mol. The van der Waals surface area contributed by atoms with Crippen molar-refractivity contribution in [3.05, 3.63) is 28.3 Å². The van der Waals surface area contributed by atoms with Crippen molar-refractivity contribution in [2.24, 2.45) is 11.1 Å². The Balaban J connectivity index is 2.37. The van der Waals surface area contributed by atoms with Gasteiger partial charge in [0.15, 0.2) is 0 Å². The predicted octanol–water partition coefficient (Wildman–Crippen LogP) is 0.715. The third kappa shape index (κ3) is 3.69. The molecule has 1 aromatic rings. The first-order valence-electron chi connectivity index (χ1n) is 6.39. The van der Waals surface area contributed by atoms with Gasteiger partial charge in [-0.3, -0.25) is 10.1 Å². The average Bonchev–Trinajstić information content (AvgIpc) is 2.89. The van der Waals surface area contributed by atoms with Gasteiger partial charge in [-0.1, -0.05) is 0 Å². The van der Waals surface area contributed by atoms with Gasteiger partial charge in [0, 0.05) is 38.2 Å². The molecule has 0 aliphatic carbocycles. The molecule has 2 rings (SSSR count). The monoisotopic (exact) mass is 315 g/mol. The molecule has 116 valence electrons. The van der Waals surface area contributed by atoms with E-state index >= 15 is 0 Å². The number of non-ortho nitro benzene ring substituents is 1. The summed E-state index contributed by atoms with van der Waals surface area (Å²) in [4.78, 5) is 11.9. The number of anilines is 1. The second kappa shape index (κ2) is 5.96. The van der Waals surface area contributed by atoms with Crippen molar-refractivity contribution < 1.29 is 18.1 Å². The minimum absolute atomic E-state index is 0.116. The molecule has 1 heterocycles. The first-order chi connectivity index (χ1) is 9.79. The van der Waals surface area contributed by atoms with Crippen molar-refractivity contribution >= 4 is 21.4 Å². The van der Waals surface area contributed by atoms with Crippen LogP contribution in [0.5, 0.6) is 0 Å². The van der Waals surface area contributed by atoms with Crippen LogP contribution in [0.2, 0.25) is 0 Å². The molecular weight excluding hydrogens is 298 g/mol. The molecule has 1 aliphatic heterocycles. The molecule has 0 saturated carbocycles. The summed E-state index contributed by atoms with van der Waals surface area (Å²) in [5.41, 5.74) is 0.0607. The number of primary sulfonamides is 1. The third-order valence-corrected chi connectivity index (χ3v) is 4.39. The lowest BCUT2D eigenvalue weighted by Gasteiger charge is -2.24.